The summed E-state index contributed by atoms with van der Waals surface area (Å²) in [4.78, 5) is 18.9. The van der Waals surface area contributed by atoms with Crippen LogP contribution in [0.5, 0.6) is 0 Å². The first-order valence-corrected chi connectivity index (χ1v) is 10.7. The van der Waals surface area contributed by atoms with Crippen molar-refractivity contribution in [1.82, 2.24) is 18.8 Å². The maximum Gasteiger partial charge on any atom is 0.262 e. The molecule has 0 atom stereocenters. The number of aromatic nitrogens is 2. The fourth-order valence-corrected chi connectivity index (χ4v) is 5.01. The van der Waals surface area contributed by atoms with Crippen LogP contribution in [0.15, 0.2) is 60.0 Å². The molecule has 0 aliphatic carbocycles. The van der Waals surface area contributed by atoms with Crippen LogP contribution < -0.4 is 0 Å². The van der Waals surface area contributed by atoms with Crippen molar-refractivity contribution in [3.63, 3.8) is 0 Å². The summed E-state index contributed by atoms with van der Waals surface area (Å²) < 4.78 is 28.7. The molecule has 1 aromatic heterocycles. The summed E-state index contributed by atoms with van der Waals surface area (Å²) in [6.45, 7) is 1.51. The van der Waals surface area contributed by atoms with Crippen molar-refractivity contribution in [3.05, 3.63) is 60.6 Å². The molecule has 0 unspecified atom stereocenters. The number of imidazole rings is 1. The van der Waals surface area contributed by atoms with Gasteiger partial charge < -0.3 is 9.47 Å². The van der Waals surface area contributed by atoms with Crippen LogP contribution in [-0.2, 0) is 17.1 Å². The van der Waals surface area contributed by atoms with E-state index in [1.807, 2.05) is 42.5 Å². The maximum atomic E-state index is 13.1. The van der Waals surface area contributed by atoms with Gasteiger partial charge in [-0.1, -0.05) is 36.4 Å². The fourth-order valence-electron chi connectivity index (χ4n) is 3.57. The Morgan fingerprint density at radius 3 is 2.57 bits per heavy atom. The summed E-state index contributed by atoms with van der Waals surface area (Å²) in [5.74, 6) is -0.0612. The number of sulfonamides is 1. The van der Waals surface area contributed by atoms with Crippen molar-refractivity contribution >= 4 is 26.7 Å². The number of aryl methyl sites for hydroxylation is 1. The van der Waals surface area contributed by atoms with Gasteiger partial charge in [0.2, 0.25) is 0 Å². The average molecular weight is 398 g/mol. The van der Waals surface area contributed by atoms with Gasteiger partial charge in [0, 0.05) is 45.0 Å². The van der Waals surface area contributed by atoms with Crippen LogP contribution in [0.3, 0.4) is 0 Å². The van der Waals surface area contributed by atoms with E-state index in [0.29, 0.717) is 31.6 Å². The number of carbonyl (C=O) groups is 1. The van der Waals surface area contributed by atoms with Gasteiger partial charge in [-0.25, -0.2) is 13.4 Å². The third-order valence-electron chi connectivity index (χ3n) is 5.05. The minimum Gasteiger partial charge on any atom is -0.339 e. The van der Waals surface area contributed by atoms with Crippen molar-refractivity contribution in [3.8, 4) is 0 Å². The topological polar surface area (TPSA) is 75.5 Å². The molecule has 1 fully saturated rings. The van der Waals surface area contributed by atoms with E-state index in [1.165, 1.54) is 16.8 Å². The number of fused-ring (bicyclic) bond motifs is 1. The molecule has 8 heteroatoms. The van der Waals surface area contributed by atoms with Gasteiger partial charge in [0.1, 0.15) is 0 Å². The number of carbonyl (C=O) groups excluding carboxylic acids is 1. The van der Waals surface area contributed by atoms with E-state index in [-0.39, 0.29) is 17.5 Å². The maximum absolute atomic E-state index is 13.1. The smallest absolute Gasteiger partial charge is 0.262 e. The second-order valence-corrected chi connectivity index (χ2v) is 8.84. The fraction of sp³-hybridized carbons (Fsp3) is 0.300. The summed E-state index contributed by atoms with van der Waals surface area (Å²) in [6, 6.07) is 13.5. The molecule has 1 aliphatic rings. The SMILES string of the molecule is Cn1cnc(S(=O)(=O)N2CCCN(C(=O)c3cccc4ccccc34)CC2)c1. The lowest BCUT2D eigenvalue weighted by molar-refractivity contribution is 0.0766. The van der Waals surface area contributed by atoms with Gasteiger partial charge in [0.15, 0.2) is 5.03 Å². The predicted octanol–water partition coefficient (Wildman–Crippen LogP) is 2.11. The zero-order valence-corrected chi connectivity index (χ0v) is 16.5. The minimum atomic E-state index is -3.65. The van der Waals surface area contributed by atoms with Gasteiger partial charge in [0.05, 0.1) is 6.33 Å². The first kappa shape index (κ1) is 18.6. The van der Waals surface area contributed by atoms with E-state index < -0.39 is 10.0 Å². The van der Waals surface area contributed by atoms with Crippen molar-refractivity contribution in [2.75, 3.05) is 26.2 Å². The van der Waals surface area contributed by atoms with Crippen LogP contribution in [0.1, 0.15) is 16.8 Å². The monoisotopic (exact) mass is 398 g/mol. The first-order chi connectivity index (χ1) is 13.5. The zero-order valence-electron chi connectivity index (χ0n) is 15.7. The number of nitrogens with zero attached hydrogens (tertiary/aromatic N) is 4. The van der Waals surface area contributed by atoms with E-state index in [4.69, 9.17) is 0 Å². The van der Waals surface area contributed by atoms with Crippen LogP contribution in [0, 0.1) is 0 Å². The van der Waals surface area contributed by atoms with Crippen molar-refractivity contribution in [1.29, 1.82) is 0 Å². The third-order valence-corrected chi connectivity index (χ3v) is 6.83. The van der Waals surface area contributed by atoms with Gasteiger partial charge in [-0.05, 0) is 23.3 Å². The van der Waals surface area contributed by atoms with Crippen LogP contribution in [0.2, 0.25) is 0 Å². The molecule has 28 heavy (non-hydrogen) atoms. The predicted molar refractivity (Wildman–Crippen MR) is 106 cm³/mol. The first-order valence-electron chi connectivity index (χ1n) is 9.22. The quantitative estimate of drug-likeness (QED) is 0.677. The molecular weight excluding hydrogens is 376 g/mol. The molecule has 0 radical (unpaired) electrons. The molecule has 7 nitrogen and oxygen atoms in total. The summed E-state index contributed by atoms with van der Waals surface area (Å²) in [6.07, 6.45) is 3.56. The summed E-state index contributed by atoms with van der Waals surface area (Å²) in [5, 5.41) is 1.98. The standard InChI is InChI=1S/C20H22N4O3S/c1-22-14-19(21-15-22)28(26,27)24-11-5-10-23(12-13-24)20(25)18-9-4-7-16-6-2-3-8-17(16)18/h2-4,6-9,14-15H,5,10-13H2,1H3. The molecule has 2 aromatic carbocycles. The highest BCUT2D eigenvalue weighted by molar-refractivity contribution is 7.89. The molecule has 0 saturated carbocycles. The summed E-state index contributed by atoms with van der Waals surface area (Å²) in [5.41, 5.74) is 0.652. The number of hydrogen-bond donors (Lipinski definition) is 0. The van der Waals surface area contributed by atoms with Gasteiger partial charge in [-0.2, -0.15) is 4.31 Å². The van der Waals surface area contributed by atoms with Crippen LogP contribution >= 0.6 is 0 Å². The molecule has 1 amide bonds. The van der Waals surface area contributed by atoms with Crippen LogP contribution in [0.4, 0.5) is 0 Å². The molecule has 1 aliphatic heterocycles. The highest BCUT2D eigenvalue weighted by Crippen LogP contribution is 2.22. The average Bonchev–Trinajstić information content (AvgIpc) is 2.99. The Bertz CT molecular complexity index is 1120. The van der Waals surface area contributed by atoms with Crippen molar-refractivity contribution in [2.24, 2.45) is 7.05 Å². The lowest BCUT2D eigenvalue weighted by atomic mass is 10.0. The molecule has 0 spiro atoms. The molecule has 4 rings (SSSR count). The summed E-state index contributed by atoms with van der Waals surface area (Å²) >= 11 is 0. The molecule has 1 saturated heterocycles. The molecule has 0 N–H and O–H groups in total. The van der Waals surface area contributed by atoms with E-state index in [0.717, 1.165) is 10.8 Å². The Balaban J connectivity index is 1.55. The minimum absolute atomic E-state index is 0.0452. The zero-order chi connectivity index (χ0) is 19.7. The Hall–Kier alpha value is -2.71. The second kappa shape index (κ2) is 7.37. The Morgan fingerprint density at radius 2 is 1.79 bits per heavy atom. The van der Waals surface area contributed by atoms with Gasteiger partial charge in [-0.3, -0.25) is 4.79 Å². The van der Waals surface area contributed by atoms with Crippen molar-refractivity contribution in [2.45, 2.75) is 11.4 Å². The molecule has 0 bridgehead atoms. The number of hydrogen-bond acceptors (Lipinski definition) is 4. The Labute approximate surface area is 164 Å². The summed E-state index contributed by atoms with van der Waals surface area (Å²) in [7, 11) is -1.91. The largest absolute Gasteiger partial charge is 0.339 e. The second-order valence-electron chi connectivity index (χ2n) is 6.95. The highest BCUT2D eigenvalue weighted by atomic mass is 32.2. The van der Waals surface area contributed by atoms with E-state index in [2.05, 4.69) is 4.98 Å². The lowest BCUT2D eigenvalue weighted by Crippen LogP contribution is -2.37. The van der Waals surface area contributed by atoms with E-state index in [9.17, 15) is 13.2 Å². The molecule has 2 heterocycles. The van der Waals surface area contributed by atoms with Gasteiger partial charge >= 0.3 is 0 Å². The third kappa shape index (κ3) is 3.41. The van der Waals surface area contributed by atoms with E-state index >= 15 is 0 Å². The Kier molecular flexibility index (Phi) is 4.91. The van der Waals surface area contributed by atoms with E-state index in [1.54, 1.807) is 16.5 Å². The normalized spacial score (nSPS) is 16.2. The van der Waals surface area contributed by atoms with Crippen LogP contribution in [-0.4, -0.2) is 59.3 Å². The van der Waals surface area contributed by atoms with Gasteiger partial charge in [0.25, 0.3) is 15.9 Å². The van der Waals surface area contributed by atoms with Crippen molar-refractivity contribution < 1.29 is 13.2 Å². The highest BCUT2D eigenvalue weighted by Gasteiger charge is 2.30. The molecular formula is C20H22N4O3S. The molecule has 146 valence electrons. The lowest BCUT2D eigenvalue weighted by Gasteiger charge is -2.22. The number of amides is 1. The van der Waals surface area contributed by atoms with Gasteiger partial charge in [-0.15, -0.1) is 0 Å². The number of benzene rings is 2. The molecule has 3 aromatic rings. The number of rotatable bonds is 3. The Morgan fingerprint density at radius 1 is 1.00 bits per heavy atom. The van der Waals surface area contributed by atoms with Crippen LogP contribution in [0.25, 0.3) is 10.8 Å².